The minimum atomic E-state index is -0.215. The van der Waals surface area contributed by atoms with Gasteiger partial charge in [-0.3, -0.25) is 9.89 Å². The van der Waals surface area contributed by atoms with Crippen LogP contribution in [0.3, 0.4) is 0 Å². The molecular formula is C18H14N6O2. The van der Waals surface area contributed by atoms with E-state index in [2.05, 4.69) is 30.6 Å². The number of rotatable bonds is 4. The maximum atomic E-state index is 12.5. The van der Waals surface area contributed by atoms with E-state index in [-0.39, 0.29) is 5.91 Å². The second-order valence-electron chi connectivity index (χ2n) is 5.61. The summed E-state index contributed by atoms with van der Waals surface area (Å²) in [4.78, 5) is 20.7. The van der Waals surface area contributed by atoms with Crippen molar-refractivity contribution in [2.45, 2.75) is 6.92 Å². The molecule has 0 bridgehead atoms. The lowest BCUT2D eigenvalue weighted by Gasteiger charge is -2.06. The molecule has 0 unspecified atom stereocenters. The molecule has 0 aliphatic carbocycles. The van der Waals surface area contributed by atoms with Gasteiger partial charge in [-0.15, -0.1) is 0 Å². The number of aryl methyl sites for hydroxylation is 1. The first kappa shape index (κ1) is 15.7. The molecule has 2 aromatic heterocycles. The summed E-state index contributed by atoms with van der Waals surface area (Å²) in [5.41, 5.74) is 2.77. The number of aromatic amines is 1. The van der Waals surface area contributed by atoms with Crippen LogP contribution in [-0.4, -0.2) is 31.2 Å². The van der Waals surface area contributed by atoms with Crippen molar-refractivity contribution in [3.05, 3.63) is 66.3 Å². The molecule has 0 spiro atoms. The fourth-order valence-corrected chi connectivity index (χ4v) is 2.48. The molecule has 0 saturated heterocycles. The van der Waals surface area contributed by atoms with E-state index in [4.69, 9.17) is 4.52 Å². The molecule has 2 heterocycles. The zero-order chi connectivity index (χ0) is 17.9. The summed E-state index contributed by atoms with van der Waals surface area (Å²) in [6, 6.07) is 14.3. The number of H-pyrrole nitrogens is 1. The molecule has 4 rings (SSSR count). The Balaban J connectivity index is 1.51. The van der Waals surface area contributed by atoms with Crippen molar-refractivity contribution in [2.24, 2.45) is 0 Å². The molecule has 2 N–H and O–H groups in total. The van der Waals surface area contributed by atoms with E-state index in [1.165, 1.54) is 6.39 Å². The van der Waals surface area contributed by atoms with Crippen LogP contribution in [-0.2, 0) is 0 Å². The van der Waals surface area contributed by atoms with Gasteiger partial charge < -0.3 is 9.84 Å². The molecule has 0 fully saturated rings. The van der Waals surface area contributed by atoms with Crippen LogP contribution in [0.5, 0.6) is 0 Å². The minimum absolute atomic E-state index is 0.215. The Morgan fingerprint density at radius 1 is 1.08 bits per heavy atom. The summed E-state index contributed by atoms with van der Waals surface area (Å²) in [7, 11) is 0. The highest BCUT2D eigenvalue weighted by Gasteiger charge is 2.10. The van der Waals surface area contributed by atoms with Gasteiger partial charge in [0.15, 0.2) is 5.82 Å². The first-order valence-corrected chi connectivity index (χ1v) is 7.86. The molecule has 128 valence electrons. The van der Waals surface area contributed by atoms with Crippen LogP contribution < -0.4 is 5.32 Å². The van der Waals surface area contributed by atoms with Crippen molar-refractivity contribution >= 4 is 11.6 Å². The van der Waals surface area contributed by atoms with Gasteiger partial charge >= 0.3 is 0 Å². The molecule has 2 aromatic carbocycles. The van der Waals surface area contributed by atoms with Gasteiger partial charge in [0.05, 0.1) is 0 Å². The summed E-state index contributed by atoms with van der Waals surface area (Å²) in [6.07, 6.45) is 1.26. The van der Waals surface area contributed by atoms with Crippen molar-refractivity contribution in [3.63, 3.8) is 0 Å². The highest BCUT2D eigenvalue weighted by atomic mass is 16.5. The normalized spacial score (nSPS) is 10.7. The van der Waals surface area contributed by atoms with Crippen molar-refractivity contribution in [1.29, 1.82) is 0 Å². The highest BCUT2D eigenvalue weighted by Crippen LogP contribution is 2.20. The van der Waals surface area contributed by atoms with E-state index in [1.54, 1.807) is 24.3 Å². The molecule has 0 atom stereocenters. The second-order valence-corrected chi connectivity index (χ2v) is 5.61. The third kappa shape index (κ3) is 3.20. The van der Waals surface area contributed by atoms with Crippen LogP contribution in [0.1, 0.15) is 16.2 Å². The van der Waals surface area contributed by atoms with Gasteiger partial charge in [-0.25, -0.2) is 4.98 Å². The standard InChI is InChI=1S/C18H14N6O2/c1-11-20-17(23-22-11)12-5-7-13(8-6-12)18(25)21-15-4-2-3-14(9-15)16-19-10-26-24-16/h2-10H,1H3,(H,21,25)(H,20,22,23). The Morgan fingerprint density at radius 3 is 2.62 bits per heavy atom. The quantitative estimate of drug-likeness (QED) is 0.587. The average molecular weight is 346 g/mol. The number of nitrogens with zero attached hydrogens (tertiary/aromatic N) is 4. The smallest absolute Gasteiger partial charge is 0.255 e. The summed E-state index contributed by atoms with van der Waals surface area (Å²) in [6.45, 7) is 1.83. The molecule has 0 radical (unpaired) electrons. The van der Waals surface area contributed by atoms with E-state index in [9.17, 15) is 4.79 Å². The predicted octanol–water partition coefficient (Wildman–Crippen LogP) is 3.08. The van der Waals surface area contributed by atoms with Crippen molar-refractivity contribution in [3.8, 4) is 22.8 Å². The molecule has 4 aromatic rings. The number of benzene rings is 2. The van der Waals surface area contributed by atoms with Gasteiger partial charge in [0.25, 0.3) is 5.91 Å². The molecule has 0 saturated carbocycles. The molecule has 0 aliphatic rings. The maximum Gasteiger partial charge on any atom is 0.255 e. The van der Waals surface area contributed by atoms with E-state index < -0.39 is 0 Å². The fourth-order valence-electron chi connectivity index (χ4n) is 2.48. The van der Waals surface area contributed by atoms with Crippen LogP contribution in [0.2, 0.25) is 0 Å². The van der Waals surface area contributed by atoms with Crippen molar-refractivity contribution in [1.82, 2.24) is 25.3 Å². The third-order valence-corrected chi connectivity index (χ3v) is 3.74. The molecule has 8 nitrogen and oxygen atoms in total. The lowest BCUT2D eigenvalue weighted by atomic mass is 10.1. The van der Waals surface area contributed by atoms with Crippen LogP contribution in [0.15, 0.2) is 59.4 Å². The number of amides is 1. The number of anilines is 1. The largest absolute Gasteiger partial charge is 0.342 e. The first-order valence-electron chi connectivity index (χ1n) is 7.86. The lowest BCUT2D eigenvalue weighted by molar-refractivity contribution is 0.102. The highest BCUT2D eigenvalue weighted by molar-refractivity contribution is 6.04. The first-order chi connectivity index (χ1) is 12.7. The van der Waals surface area contributed by atoms with E-state index in [1.807, 2.05) is 31.2 Å². The van der Waals surface area contributed by atoms with Crippen LogP contribution in [0, 0.1) is 6.92 Å². The van der Waals surface area contributed by atoms with Crippen LogP contribution in [0.25, 0.3) is 22.8 Å². The third-order valence-electron chi connectivity index (χ3n) is 3.74. The number of carbonyl (C=O) groups excluding carboxylic acids is 1. The van der Waals surface area contributed by atoms with Gasteiger partial charge in [0, 0.05) is 22.4 Å². The van der Waals surface area contributed by atoms with Gasteiger partial charge in [-0.2, -0.15) is 10.1 Å². The molecule has 1 amide bonds. The topological polar surface area (TPSA) is 110 Å². The number of carbonyl (C=O) groups is 1. The van der Waals surface area contributed by atoms with Gasteiger partial charge in [-0.05, 0) is 31.2 Å². The summed E-state index contributed by atoms with van der Waals surface area (Å²) >= 11 is 0. The van der Waals surface area contributed by atoms with Crippen LogP contribution in [0.4, 0.5) is 5.69 Å². The van der Waals surface area contributed by atoms with E-state index >= 15 is 0 Å². The Labute approximate surface area is 148 Å². The fraction of sp³-hybridized carbons (Fsp3) is 0.0556. The average Bonchev–Trinajstić information content (AvgIpc) is 3.34. The van der Waals surface area contributed by atoms with Crippen LogP contribution >= 0.6 is 0 Å². The van der Waals surface area contributed by atoms with E-state index in [0.717, 1.165) is 17.0 Å². The summed E-state index contributed by atoms with van der Waals surface area (Å²) in [5.74, 6) is 1.59. The maximum absolute atomic E-state index is 12.5. The monoisotopic (exact) mass is 346 g/mol. The Hall–Kier alpha value is -3.81. The van der Waals surface area contributed by atoms with Crippen molar-refractivity contribution in [2.75, 3.05) is 5.32 Å². The second kappa shape index (κ2) is 6.60. The van der Waals surface area contributed by atoms with E-state index in [0.29, 0.717) is 22.9 Å². The number of aromatic nitrogens is 5. The summed E-state index contributed by atoms with van der Waals surface area (Å²) in [5, 5.41) is 13.6. The van der Waals surface area contributed by atoms with Crippen molar-refractivity contribution < 1.29 is 9.32 Å². The number of hydrogen-bond acceptors (Lipinski definition) is 6. The van der Waals surface area contributed by atoms with Gasteiger partial charge in [0.1, 0.15) is 5.82 Å². The van der Waals surface area contributed by atoms with Gasteiger partial charge in [-0.1, -0.05) is 29.4 Å². The lowest BCUT2D eigenvalue weighted by Crippen LogP contribution is -2.11. The predicted molar refractivity (Wildman–Crippen MR) is 94.2 cm³/mol. The van der Waals surface area contributed by atoms with Gasteiger partial charge in [0.2, 0.25) is 12.2 Å². The molecule has 0 aliphatic heterocycles. The zero-order valence-electron chi connectivity index (χ0n) is 13.8. The Bertz CT molecular complexity index is 1040. The Morgan fingerprint density at radius 2 is 1.92 bits per heavy atom. The SMILES string of the molecule is Cc1nc(-c2ccc(C(=O)Nc3cccc(-c4ncon4)c3)cc2)n[nH]1. The Kier molecular flexibility index (Phi) is 3.98. The summed E-state index contributed by atoms with van der Waals surface area (Å²) < 4.78 is 4.75. The number of nitrogens with one attached hydrogen (secondary N) is 2. The minimum Gasteiger partial charge on any atom is -0.342 e. The zero-order valence-corrected chi connectivity index (χ0v) is 13.8. The number of hydrogen-bond donors (Lipinski definition) is 2. The molecule has 26 heavy (non-hydrogen) atoms. The molecular weight excluding hydrogens is 332 g/mol. The molecule has 8 heteroatoms.